The van der Waals surface area contributed by atoms with E-state index in [0.29, 0.717) is 11.4 Å². The number of hydrogen-bond donors (Lipinski definition) is 2. The van der Waals surface area contributed by atoms with Crippen LogP contribution in [-0.4, -0.2) is 5.11 Å². The summed E-state index contributed by atoms with van der Waals surface area (Å²) >= 11 is 0. The summed E-state index contributed by atoms with van der Waals surface area (Å²) in [4.78, 5) is 0. The first-order chi connectivity index (χ1) is 8.45. The highest BCUT2D eigenvalue weighted by Gasteiger charge is 2.30. The molecule has 0 fully saturated rings. The van der Waals surface area contributed by atoms with E-state index in [1.807, 2.05) is 0 Å². The lowest BCUT2D eigenvalue weighted by molar-refractivity contribution is -0.137. The molecule has 0 aliphatic rings. The Hall–Kier alpha value is -2.17. The fourth-order valence-electron chi connectivity index (χ4n) is 1.48. The second kappa shape index (κ2) is 4.60. The van der Waals surface area contributed by atoms with Crippen LogP contribution < -0.4 is 5.32 Å². The molecule has 0 aliphatic carbocycles. The zero-order valence-electron chi connectivity index (χ0n) is 9.20. The van der Waals surface area contributed by atoms with Crippen molar-refractivity contribution in [3.8, 4) is 5.75 Å². The van der Waals surface area contributed by atoms with Crippen LogP contribution in [0.1, 0.15) is 5.56 Å². The third-order valence-electron chi connectivity index (χ3n) is 2.35. The van der Waals surface area contributed by atoms with Gasteiger partial charge in [0.05, 0.1) is 5.56 Å². The van der Waals surface area contributed by atoms with Crippen LogP contribution in [0, 0.1) is 0 Å². The first-order valence-corrected chi connectivity index (χ1v) is 5.18. The first kappa shape index (κ1) is 12.3. The molecule has 0 amide bonds. The van der Waals surface area contributed by atoms with Gasteiger partial charge in [0.1, 0.15) is 5.75 Å². The predicted octanol–water partition coefficient (Wildman–Crippen LogP) is 4.15. The third kappa shape index (κ3) is 2.94. The van der Waals surface area contributed by atoms with Crippen LogP contribution >= 0.6 is 0 Å². The molecule has 0 aliphatic heterocycles. The standard InChI is InChI=1S/C13H10F3NO/c14-13(15,16)9-2-1-3-11(8-9)17-10-4-6-12(18)7-5-10/h1-8,17-18H. The van der Waals surface area contributed by atoms with E-state index in [1.165, 1.54) is 18.2 Å². The van der Waals surface area contributed by atoms with Crippen LogP contribution in [0.4, 0.5) is 24.5 Å². The second-order valence-corrected chi connectivity index (χ2v) is 3.75. The van der Waals surface area contributed by atoms with Crippen LogP contribution in [0.2, 0.25) is 0 Å². The lowest BCUT2D eigenvalue weighted by Gasteiger charge is -2.10. The molecule has 0 bridgehead atoms. The molecule has 2 rings (SSSR count). The predicted molar refractivity (Wildman–Crippen MR) is 62.8 cm³/mol. The van der Waals surface area contributed by atoms with Crippen molar-refractivity contribution in [3.63, 3.8) is 0 Å². The van der Waals surface area contributed by atoms with Crippen molar-refractivity contribution < 1.29 is 18.3 Å². The zero-order valence-corrected chi connectivity index (χ0v) is 9.20. The normalized spacial score (nSPS) is 11.3. The van der Waals surface area contributed by atoms with E-state index in [-0.39, 0.29) is 5.75 Å². The summed E-state index contributed by atoms with van der Waals surface area (Å²) in [5.41, 5.74) is 0.244. The van der Waals surface area contributed by atoms with Crippen molar-refractivity contribution in [1.82, 2.24) is 0 Å². The topological polar surface area (TPSA) is 32.3 Å². The number of phenolic OH excluding ortho intramolecular Hbond substituents is 1. The van der Waals surface area contributed by atoms with Crippen molar-refractivity contribution in [2.45, 2.75) is 6.18 Å². The van der Waals surface area contributed by atoms with Gasteiger partial charge in [-0.05, 0) is 42.5 Å². The molecular formula is C13H10F3NO. The molecule has 0 aromatic heterocycles. The number of nitrogens with one attached hydrogen (secondary N) is 1. The van der Waals surface area contributed by atoms with Crippen molar-refractivity contribution in [1.29, 1.82) is 0 Å². The average molecular weight is 253 g/mol. The maximum Gasteiger partial charge on any atom is 0.416 e. The van der Waals surface area contributed by atoms with Gasteiger partial charge in [0.2, 0.25) is 0 Å². The summed E-state index contributed by atoms with van der Waals surface area (Å²) < 4.78 is 37.5. The van der Waals surface area contributed by atoms with E-state index in [4.69, 9.17) is 5.11 Å². The number of anilines is 2. The van der Waals surface area contributed by atoms with E-state index in [0.717, 1.165) is 12.1 Å². The fraction of sp³-hybridized carbons (Fsp3) is 0.0769. The zero-order chi connectivity index (χ0) is 13.2. The Balaban J connectivity index is 2.22. The highest BCUT2D eigenvalue weighted by Crippen LogP contribution is 2.31. The molecular weight excluding hydrogens is 243 g/mol. The van der Waals surface area contributed by atoms with E-state index in [2.05, 4.69) is 5.32 Å². The molecule has 0 radical (unpaired) electrons. The van der Waals surface area contributed by atoms with Gasteiger partial charge in [0.25, 0.3) is 0 Å². The number of halogens is 3. The van der Waals surface area contributed by atoms with Gasteiger partial charge in [-0.1, -0.05) is 6.07 Å². The number of aromatic hydroxyl groups is 1. The number of benzene rings is 2. The van der Waals surface area contributed by atoms with Crippen LogP contribution in [0.3, 0.4) is 0 Å². The minimum absolute atomic E-state index is 0.101. The molecule has 2 nitrogen and oxygen atoms in total. The van der Waals surface area contributed by atoms with Gasteiger partial charge < -0.3 is 10.4 Å². The van der Waals surface area contributed by atoms with Gasteiger partial charge in [0.15, 0.2) is 0 Å². The molecule has 18 heavy (non-hydrogen) atoms. The molecule has 2 aromatic rings. The maximum atomic E-state index is 12.5. The van der Waals surface area contributed by atoms with Crippen LogP contribution in [0.5, 0.6) is 5.75 Å². The number of hydrogen-bond acceptors (Lipinski definition) is 2. The number of alkyl halides is 3. The summed E-state index contributed by atoms with van der Waals surface area (Å²) in [6.45, 7) is 0. The fourth-order valence-corrected chi connectivity index (χ4v) is 1.48. The van der Waals surface area contributed by atoms with Crippen molar-refractivity contribution in [2.75, 3.05) is 5.32 Å². The molecule has 5 heteroatoms. The molecule has 0 unspecified atom stereocenters. The number of phenols is 1. The maximum absolute atomic E-state index is 12.5. The highest BCUT2D eigenvalue weighted by molar-refractivity contribution is 5.61. The van der Waals surface area contributed by atoms with Crippen molar-refractivity contribution in [2.24, 2.45) is 0 Å². The summed E-state index contributed by atoms with van der Waals surface area (Å²) in [6, 6.07) is 11.0. The van der Waals surface area contributed by atoms with E-state index in [1.54, 1.807) is 18.2 Å². The monoisotopic (exact) mass is 253 g/mol. The largest absolute Gasteiger partial charge is 0.508 e. The Morgan fingerprint density at radius 1 is 0.889 bits per heavy atom. The molecule has 0 saturated heterocycles. The molecule has 0 heterocycles. The SMILES string of the molecule is Oc1ccc(Nc2cccc(C(F)(F)F)c2)cc1. The Bertz CT molecular complexity index is 535. The van der Waals surface area contributed by atoms with Crippen molar-refractivity contribution in [3.05, 3.63) is 54.1 Å². The molecule has 0 saturated carbocycles. The van der Waals surface area contributed by atoms with Gasteiger partial charge >= 0.3 is 6.18 Å². The van der Waals surface area contributed by atoms with Crippen LogP contribution in [0.15, 0.2) is 48.5 Å². The Labute approximate surface area is 102 Å². The Morgan fingerprint density at radius 2 is 1.56 bits per heavy atom. The highest BCUT2D eigenvalue weighted by atomic mass is 19.4. The summed E-state index contributed by atoms with van der Waals surface area (Å²) in [5.74, 6) is 0.101. The summed E-state index contributed by atoms with van der Waals surface area (Å²) in [5, 5.41) is 11.9. The quantitative estimate of drug-likeness (QED) is 0.788. The molecule has 94 valence electrons. The minimum Gasteiger partial charge on any atom is -0.508 e. The van der Waals surface area contributed by atoms with E-state index >= 15 is 0 Å². The molecule has 0 spiro atoms. The second-order valence-electron chi connectivity index (χ2n) is 3.75. The molecule has 2 N–H and O–H groups in total. The summed E-state index contributed by atoms with van der Waals surface area (Å²) in [7, 11) is 0. The van der Waals surface area contributed by atoms with Crippen LogP contribution in [-0.2, 0) is 6.18 Å². The average Bonchev–Trinajstić information content (AvgIpc) is 2.31. The van der Waals surface area contributed by atoms with Gasteiger partial charge in [0, 0.05) is 11.4 Å². The van der Waals surface area contributed by atoms with Gasteiger partial charge in [-0.2, -0.15) is 13.2 Å². The number of rotatable bonds is 2. The van der Waals surface area contributed by atoms with Crippen LogP contribution in [0.25, 0.3) is 0 Å². The van der Waals surface area contributed by atoms with Crippen molar-refractivity contribution >= 4 is 11.4 Å². The van der Waals surface area contributed by atoms with E-state index in [9.17, 15) is 13.2 Å². The third-order valence-corrected chi connectivity index (χ3v) is 2.35. The molecule has 0 atom stereocenters. The first-order valence-electron chi connectivity index (χ1n) is 5.18. The smallest absolute Gasteiger partial charge is 0.416 e. The summed E-state index contributed by atoms with van der Waals surface area (Å²) in [6.07, 6.45) is -4.35. The minimum atomic E-state index is -4.35. The van der Waals surface area contributed by atoms with E-state index < -0.39 is 11.7 Å². The lowest BCUT2D eigenvalue weighted by Crippen LogP contribution is -2.05. The van der Waals surface area contributed by atoms with Gasteiger partial charge in [-0.15, -0.1) is 0 Å². The van der Waals surface area contributed by atoms with Gasteiger partial charge in [-0.3, -0.25) is 0 Å². The van der Waals surface area contributed by atoms with Gasteiger partial charge in [-0.25, -0.2) is 0 Å². The Morgan fingerprint density at radius 3 is 2.17 bits per heavy atom. The lowest BCUT2D eigenvalue weighted by atomic mass is 10.2. The molecule has 2 aromatic carbocycles. The Kier molecular flexibility index (Phi) is 3.14.